The summed E-state index contributed by atoms with van der Waals surface area (Å²) in [4.78, 5) is 26.9. The molecule has 32 heavy (non-hydrogen) atoms. The minimum absolute atomic E-state index is 0.0355. The zero-order valence-electron chi connectivity index (χ0n) is 19.3. The maximum absolute atomic E-state index is 12.8. The van der Waals surface area contributed by atoms with Crippen molar-refractivity contribution >= 4 is 28.8 Å². The summed E-state index contributed by atoms with van der Waals surface area (Å²) >= 11 is 0. The SMILES string of the molecule is CC(C)n1c(-n2cccn2)nc2c(NC(=O)C(C)(C)C)nc(NC3CCCCC3O)nc21. The lowest BCUT2D eigenvalue weighted by Crippen LogP contribution is -2.37. The van der Waals surface area contributed by atoms with Crippen LogP contribution in [0.5, 0.6) is 0 Å². The first-order valence-corrected chi connectivity index (χ1v) is 11.2. The summed E-state index contributed by atoms with van der Waals surface area (Å²) in [5.74, 6) is 1.13. The topological polar surface area (TPSA) is 123 Å². The third kappa shape index (κ3) is 4.32. The van der Waals surface area contributed by atoms with Crippen LogP contribution in [-0.4, -0.2) is 52.5 Å². The lowest BCUT2D eigenvalue weighted by molar-refractivity contribution is -0.123. The summed E-state index contributed by atoms with van der Waals surface area (Å²) in [6.45, 7) is 9.63. The van der Waals surface area contributed by atoms with E-state index in [9.17, 15) is 9.90 Å². The van der Waals surface area contributed by atoms with Crippen molar-refractivity contribution in [3.63, 3.8) is 0 Å². The Morgan fingerprint density at radius 1 is 1.19 bits per heavy atom. The van der Waals surface area contributed by atoms with Crippen LogP contribution < -0.4 is 10.6 Å². The second-order valence-corrected chi connectivity index (χ2v) is 9.70. The van der Waals surface area contributed by atoms with Gasteiger partial charge in [0.1, 0.15) is 0 Å². The van der Waals surface area contributed by atoms with Crippen molar-refractivity contribution in [1.29, 1.82) is 0 Å². The molecule has 0 radical (unpaired) electrons. The van der Waals surface area contributed by atoms with Crippen molar-refractivity contribution in [2.24, 2.45) is 5.41 Å². The van der Waals surface area contributed by atoms with Crippen molar-refractivity contribution in [3.05, 3.63) is 18.5 Å². The zero-order valence-corrected chi connectivity index (χ0v) is 19.3. The average molecular weight is 441 g/mol. The second kappa shape index (κ2) is 8.50. The fourth-order valence-electron chi connectivity index (χ4n) is 3.88. The van der Waals surface area contributed by atoms with Gasteiger partial charge < -0.3 is 15.7 Å². The molecule has 0 saturated heterocycles. The number of aliphatic hydroxyl groups excluding tert-OH is 1. The van der Waals surface area contributed by atoms with Gasteiger partial charge in [-0.1, -0.05) is 33.6 Å². The average Bonchev–Trinajstić information content (AvgIpc) is 3.36. The summed E-state index contributed by atoms with van der Waals surface area (Å²) in [5.41, 5.74) is 0.490. The Kier molecular flexibility index (Phi) is 5.89. The molecule has 3 aromatic heterocycles. The Balaban J connectivity index is 1.86. The predicted octanol–water partition coefficient (Wildman–Crippen LogP) is 3.29. The molecule has 10 heteroatoms. The molecule has 1 aliphatic rings. The molecule has 2 unspecified atom stereocenters. The van der Waals surface area contributed by atoms with Crippen molar-refractivity contribution in [2.75, 3.05) is 10.6 Å². The van der Waals surface area contributed by atoms with Crippen LogP contribution in [0.3, 0.4) is 0 Å². The van der Waals surface area contributed by atoms with E-state index in [2.05, 4.69) is 20.7 Å². The molecule has 10 nitrogen and oxygen atoms in total. The number of aliphatic hydroxyl groups is 1. The molecule has 3 N–H and O–H groups in total. The normalized spacial score (nSPS) is 19.5. The van der Waals surface area contributed by atoms with Crippen LogP contribution in [0.1, 0.15) is 66.3 Å². The number of carbonyl (C=O) groups excluding carboxylic acids is 1. The Morgan fingerprint density at radius 3 is 2.56 bits per heavy atom. The number of hydrogen-bond acceptors (Lipinski definition) is 7. The third-order valence-corrected chi connectivity index (χ3v) is 5.70. The first-order chi connectivity index (χ1) is 15.1. The number of aromatic nitrogens is 6. The number of rotatable bonds is 5. The monoisotopic (exact) mass is 440 g/mol. The molecule has 0 spiro atoms. The van der Waals surface area contributed by atoms with E-state index in [1.165, 1.54) is 0 Å². The maximum Gasteiger partial charge on any atom is 0.233 e. The summed E-state index contributed by atoms with van der Waals surface area (Å²) < 4.78 is 3.65. The van der Waals surface area contributed by atoms with Crippen molar-refractivity contribution in [1.82, 2.24) is 29.3 Å². The van der Waals surface area contributed by atoms with Crippen molar-refractivity contribution in [3.8, 4) is 5.95 Å². The molecule has 0 aromatic carbocycles. The van der Waals surface area contributed by atoms with E-state index in [0.29, 0.717) is 28.9 Å². The fourth-order valence-corrected chi connectivity index (χ4v) is 3.88. The predicted molar refractivity (Wildman–Crippen MR) is 123 cm³/mol. The standard InChI is InChI=1S/C22H32N8O2/c1-13(2)30-18-16(25-21(30)29-12-8-11-23-29)17(26-19(32)22(3,4)5)27-20(28-18)24-14-9-6-7-10-15(14)31/h8,11-15,31H,6-7,9-10H2,1-5H3,(H2,24,26,27,28,32). The number of nitrogens with one attached hydrogen (secondary N) is 2. The van der Waals surface area contributed by atoms with Gasteiger partial charge in [-0.05, 0) is 32.8 Å². The van der Waals surface area contributed by atoms with E-state index >= 15 is 0 Å². The molecule has 1 amide bonds. The number of carbonyl (C=O) groups is 1. The number of imidazole rings is 1. The van der Waals surface area contributed by atoms with E-state index in [4.69, 9.17) is 9.97 Å². The Bertz CT molecular complexity index is 1100. The van der Waals surface area contributed by atoms with E-state index in [1.807, 2.05) is 51.4 Å². The largest absolute Gasteiger partial charge is 0.391 e. The number of fused-ring (bicyclic) bond motifs is 1. The summed E-state index contributed by atoms with van der Waals surface area (Å²) in [6.07, 6.45) is 6.70. The van der Waals surface area contributed by atoms with Crippen LogP contribution in [0, 0.1) is 5.41 Å². The van der Waals surface area contributed by atoms with Gasteiger partial charge in [-0.15, -0.1) is 0 Å². The van der Waals surface area contributed by atoms with Crippen LogP contribution in [0.15, 0.2) is 18.5 Å². The first kappa shape index (κ1) is 22.2. The molecule has 4 rings (SSSR count). The molecule has 172 valence electrons. The molecule has 3 aromatic rings. The van der Waals surface area contributed by atoms with Gasteiger partial charge in [0.15, 0.2) is 17.0 Å². The molecule has 1 aliphatic carbocycles. The number of nitrogens with zero attached hydrogens (tertiary/aromatic N) is 6. The quantitative estimate of drug-likeness (QED) is 0.556. The van der Waals surface area contributed by atoms with Crippen LogP contribution in [0.4, 0.5) is 11.8 Å². The van der Waals surface area contributed by atoms with Crippen molar-refractivity contribution in [2.45, 2.75) is 78.5 Å². The molecule has 2 atom stereocenters. The van der Waals surface area contributed by atoms with Crippen LogP contribution in [0.2, 0.25) is 0 Å². The van der Waals surface area contributed by atoms with Gasteiger partial charge in [0.25, 0.3) is 0 Å². The maximum atomic E-state index is 12.8. The Morgan fingerprint density at radius 2 is 1.94 bits per heavy atom. The van der Waals surface area contributed by atoms with E-state index < -0.39 is 11.5 Å². The highest BCUT2D eigenvalue weighted by molar-refractivity contribution is 6.00. The van der Waals surface area contributed by atoms with Crippen molar-refractivity contribution < 1.29 is 9.90 Å². The van der Waals surface area contributed by atoms with Gasteiger partial charge in [0.05, 0.1) is 12.1 Å². The summed E-state index contributed by atoms with van der Waals surface area (Å²) in [5, 5.41) is 21.0. The van der Waals surface area contributed by atoms with E-state index in [1.54, 1.807) is 10.9 Å². The summed E-state index contributed by atoms with van der Waals surface area (Å²) in [7, 11) is 0. The molecule has 1 saturated carbocycles. The highest BCUT2D eigenvalue weighted by atomic mass is 16.3. The molecule has 3 heterocycles. The number of hydrogen-bond donors (Lipinski definition) is 3. The highest BCUT2D eigenvalue weighted by Gasteiger charge is 2.28. The molecule has 0 aliphatic heterocycles. The van der Waals surface area contributed by atoms with Crippen LogP contribution >= 0.6 is 0 Å². The molecular formula is C22H32N8O2. The highest BCUT2D eigenvalue weighted by Crippen LogP contribution is 2.30. The third-order valence-electron chi connectivity index (χ3n) is 5.70. The van der Waals surface area contributed by atoms with Gasteiger partial charge in [0.2, 0.25) is 17.8 Å². The number of amides is 1. The lowest BCUT2D eigenvalue weighted by atomic mass is 9.93. The second-order valence-electron chi connectivity index (χ2n) is 9.70. The molecule has 1 fully saturated rings. The van der Waals surface area contributed by atoms with Gasteiger partial charge in [0, 0.05) is 23.9 Å². The summed E-state index contributed by atoms with van der Waals surface area (Å²) in [6, 6.07) is 1.73. The fraction of sp³-hybridized carbons (Fsp3) is 0.591. The minimum atomic E-state index is -0.601. The Hall–Kier alpha value is -3.01. The molecular weight excluding hydrogens is 408 g/mol. The van der Waals surface area contributed by atoms with Gasteiger partial charge in [-0.25, -0.2) is 9.67 Å². The Labute approximate surface area is 187 Å². The van der Waals surface area contributed by atoms with Gasteiger partial charge in [-0.2, -0.15) is 15.1 Å². The van der Waals surface area contributed by atoms with Crippen LogP contribution in [-0.2, 0) is 4.79 Å². The number of anilines is 2. The first-order valence-electron chi connectivity index (χ1n) is 11.2. The van der Waals surface area contributed by atoms with Crippen LogP contribution in [0.25, 0.3) is 17.1 Å². The lowest BCUT2D eigenvalue weighted by Gasteiger charge is -2.28. The molecule has 0 bridgehead atoms. The van der Waals surface area contributed by atoms with E-state index in [-0.39, 0.29) is 18.0 Å². The zero-order chi connectivity index (χ0) is 23.0. The smallest absolute Gasteiger partial charge is 0.233 e. The van der Waals surface area contributed by atoms with E-state index in [0.717, 1.165) is 25.7 Å². The minimum Gasteiger partial charge on any atom is -0.391 e. The van der Waals surface area contributed by atoms with Gasteiger partial charge >= 0.3 is 0 Å². The van der Waals surface area contributed by atoms with Gasteiger partial charge in [-0.3, -0.25) is 9.36 Å².